The Morgan fingerprint density at radius 1 is 1.60 bits per heavy atom. The first kappa shape index (κ1) is 14.5. The van der Waals surface area contributed by atoms with E-state index in [0.29, 0.717) is 0 Å². The van der Waals surface area contributed by atoms with Crippen molar-refractivity contribution in [3.05, 3.63) is 23.0 Å². The van der Waals surface area contributed by atoms with E-state index in [4.69, 9.17) is 5.11 Å². The highest BCUT2D eigenvalue weighted by Gasteiger charge is 2.21. The molecule has 0 aliphatic rings. The Kier molecular flexibility index (Phi) is 4.35. The van der Waals surface area contributed by atoms with Crippen molar-refractivity contribution in [2.24, 2.45) is 0 Å². The van der Waals surface area contributed by atoms with Crippen LogP contribution >= 0.6 is 11.3 Å². The molecule has 2 aromatic heterocycles. The number of imidazole rings is 1. The third-order valence-electron chi connectivity index (χ3n) is 2.75. The van der Waals surface area contributed by atoms with Crippen molar-refractivity contribution in [3.63, 3.8) is 0 Å². The van der Waals surface area contributed by atoms with Crippen LogP contribution in [0.5, 0.6) is 0 Å². The highest BCUT2D eigenvalue weighted by Crippen LogP contribution is 2.16. The van der Waals surface area contributed by atoms with Gasteiger partial charge in [-0.05, 0) is 6.92 Å². The zero-order chi connectivity index (χ0) is 14.7. The topological polar surface area (TPSA) is 92.9 Å². The van der Waals surface area contributed by atoms with Gasteiger partial charge in [-0.2, -0.15) is 0 Å². The molecule has 0 bridgehead atoms. The summed E-state index contributed by atoms with van der Waals surface area (Å²) in [7, 11) is 1.20. The fourth-order valence-electron chi connectivity index (χ4n) is 1.80. The lowest BCUT2D eigenvalue weighted by molar-refractivity contribution is -0.146. The number of nitrogens with one attached hydrogen (secondary N) is 1. The number of aryl methyl sites for hydroxylation is 1. The monoisotopic (exact) mass is 297 g/mol. The number of hydrogen-bond donors (Lipinski definition) is 2. The lowest BCUT2D eigenvalue weighted by Gasteiger charge is -2.13. The fourth-order valence-corrected chi connectivity index (χ4v) is 2.72. The quantitative estimate of drug-likeness (QED) is 0.752. The van der Waals surface area contributed by atoms with Crippen LogP contribution in [0.1, 0.15) is 11.4 Å². The van der Waals surface area contributed by atoms with E-state index in [1.807, 2.05) is 22.9 Å². The van der Waals surface area contributed by atoms with E-state index < -0.39 is 18.6 Å². The molecule has 1 amide bonds. The van der Waals surface area contributed by atoms with Gasteiger partial charge in [-0.15, -0.1) is 11.3 Å². The molecule has 2 rings (SSSR count). The van der Waals surface area contributed by atoms with E-state index >= 15 is 0 Å². The van der Waals surface area contributed by atoms with Crippen LogP contribution in [0.4, 0.5) is 0 Å². The molecule has 2 heterocycles. The van der Waals surface area contributed by atoms with Crippen molar-refractivity contribution >= 4 is 28.2 Å². The predicted molar refractivity (Wildman–Crippen MR) is 72.5 cm³/mol. The number of aromatic nitrogens is 2. The van der Waals surface area contributed by atoms with E-state index in [0.717, 1.165) is 16.3 Å². The molecule has 0 fully saturated rings. The van der Waals surface area contributed by atoms with E-state index in [2.05, 4.69) is 15.0 Å². The molecule has 0 aromatic carbocycles. The molecule has 7 nitrogen and oxygen atoms in total. The molecule has 2 aromatic rings. The SMILES string of the molecule is COC(=O)[C@H](CO)NC(=O)Cc1csc2nc(C)cn12. The smallest absolute Gasteiger partial charge is 0.330 e. The van der Waals surface area contributed by atoms with Crippen molar-refractivity contribution in [2.45, 2.75) is 19.4 Å². The van der Waals surface area contributed by atoms with Crippen LogP contribution in [0.15, 0.2) is 11.6 Å². The number of nitrogens with zero attached hydrogens (tertiary/aromatic N) is 2. The highest BCUT2D eigenvalue weighted by atomic mass is 32.1. The number of carbonyl (C=O) groups excluding carboxylic acids is 2. The van der Waals surface area contributed by atoms with Gasteiger partial charge >= 0.3 is 5.97 Å². The molecule has 0 unspecified atom stereocenters. The molecular formula is C12H15N3O4S. The van der Waals surface area contributed by atoms with Crippen molar-refractivity contribution in [3.8, 4) is 0 Å². The van der Waals surface area contributed by atoms with Crippen molar-refractivity contribution in [2.75, 3.05) is 13.7 Å². The maximum Gasteiger partial charge on any atom is 0.330 e. The van der Waals surface area contributed by atoms with E-state index in [9.17, 15) is 9.59 Å². The Hall–Kier alpha value is -1.93. The Bertz CT molecular complexity index is 634. The van der Waals surface area contributed by atoms with Gasteiger partial charge in [0.2, 0.25) is 5.91 Å². The molecule has 0 aliphatic heterocycles. The van der Waals surface area contributed by atoms with Crippen LogP contribution in [0.25, 0.3) is 4.96 Å². The highest BCUT2D eigenvalue weighted by molar-refractivity contribution is 7.15. The Morgan fingerprint density at radius 2 is 2.35 bits per heavy atom. The number of fused-ring (bicyclic) bond motifs is 1. The molecular weight excluding hydrogens is 282 g/mol. The second-order valence-electron chi connectivity index (χ2n) is 4.26. The van der Waals surface area contributed by atoms with E-state index in [1.54, 1.807) is 0 Å². The number of thiazole rings is 1. The maximum atomic E-state index is 11.9. The first-order valence-corrected chi connectivity index (χ1v) is 6.83. The largest absolute Gasteiger partial charge is 0.467 e. The molecule has 1 atom stereocenters. The van der Waals surface area contributed by atoms with Crippen LogP contribution < -0.4 is 5.32 Å². The summed E-state index contributed by atoms with van der Waals surface area (Å²) in [5.41, 5.74) is 1.66. The molecule has 20 heavy (non-hydrogen) atoms. The first-order valence-electron chi connectivity index (χ1n) is 5.95. The normalized spacial score (nSPS) is 12.3. The number of esters is 1. The standard InChI is InChI=1S/C12H15N3O4S/c1-7-4-15-8(6-20-12(15)13-7)3-10(17)14-9(5-16)11(18)19-2/h4,6,9,16H,3,5H2,1-2H3,(H,14,17)/t9-/m0/s1. The fraction of sp³-hybridized carbons (Fsp3) is 0.417. The molecule has 2 N–H and O–H groups in total. The second kappa shape index (κ2) is 6.02. The lowest BCUT2D eigenvalue weighted by atomic mass is 10.2. The van der Waals surface area contributed by atoms with E-state index in [-0.39, 0.29) is 12.3 Å². The van der Waals surface area contributed by atoms with Gasteiger partial charge in [0.1, 0.15) is 0 Å². The second-order valence-corrected chi connectivity index (χ2v) is 5.10. The van der Waals surface area contributed by atoms with Gasteiger partial charge in [-0.1, -0.05) is 0 Å². The summed E-state index contributed by atoms with van der Waals surface area (Å²) in [5, 5.41) is 13.3. The van der Waals surface area contributed by atoms with Gasteiger partial charge in [-0.25, -0.2) is 9.78 Å². The summed E-state index contributed by atoms with van der Waals surface area (Å²) >= 11 is 1.44. The lowest BCUT2D eigenvalue weighted by Crippen LogP contribution is -2.44. The zero-order valence-electron chi connectivity index (χ0n) is 11.1. The first-order chi connectivity index (χ1) is 9.55. The molecule has 8 heteroatoms. The van der Waals surface area contributed by atoms with Crippen molar-refractivity contribution in [1.29, 1.82) is 0 Å². The average molecular weight is 297 g/mol. The summed E-state index contributed by atoms with van der Waals surface area (Å²) in [6, 6.07) is -1.04. The van der Waals surface area contributed by atoms with Crippen LogP contribution in [0.3, 0.4) is 0 Å². The minimum Gasteiger partial charge on any atom is -0.467 e. The Balaban J connectivity index is 2.05. The van der Waals surface area contributed by atoms with Crippen molar-refractivity contribution in [1.82, 2.24) is 14.7 Å². The number of amides is 1. The van der Waals surface area contributed by atoms with Crippen LogP contribution in [-0.2, 0) is 20.7 Å². The van der Waals surface area contributed by atoms with Gasteiger partial charge in [0.15, 0.2) is 11.0 Å². The number of aliphatic hydroxyl groups excluding tert-OH is 1. The number of carbonyl (C=O) groups is 2. The summed E-state index contributed by atoms with van der Waals surface area (Å²) in [5.74, 6) is -1.03. The Labute approximate surface area is 119 Å². The molecule has 0 spiro atoms. The van der Waals surface area contributed by atoms with Gasteiger partial charge < -0.3 is 15.2 Å². The molecule has 0 saturated heterocycles. The third kappa shape index (κ3) is 2.97. The number of aliphatic hydroxyl groups is 1. The Morgan fingerprint density at radius 3 is 3.00 bits per heavy atom. The maximum absolute atomic E-state index is 11.9. The molecule has 108 valence electrons. The third-order valence-corrected chi connectivity index (χ3v) is 3.64. The predicted octanol–water partition coefficient (Wildman–Crippen LogP) is -0.103. The number of methoxy groups -OCH3 is 1. The minimum absolute atomic E-state index is 0.100. The van der Waals surface area contributed by atoms with Crippen LogP contribution in [0, 0.1) is 6.92 Å². The van der Waals surface area contributed by atoms with Gasteiger partial charge in [0.25, 0.3) is 0 Å². The molecule has 0 aliphatic carbocycles. The summed E-state index contributed by atoms with van der Waals surface area (Å²) in [6.07, 6.45) is 1.95. The minimum atomic E-state index is -1.04. The summed E-state index contributed by atoms with van der Waals surface area (Å²) in [4.78, 5) is 28.3. The molecule has 0 radical (unpaired) electrons. The van der Waals surface area contributed by atoms with Crippen LogP contribution in [-0.4, -0.2) is 46.1 Å². The van der Waals surface area contributed by atoms with Crippen molar-refractivity contribution < 1.29 is 19.4 Å². The molecule has 0 saturated carbocycles. The van der Waals surface area contributed by atoms with E-state index in [1.165, 1.54) is 18.4 Å². The number of ether oxygens (including phenoxy) is 1. The average Bonchev–Trinajstić information content (AvgIpc) is 2.95. The van der Waals surface area contributed by atoms with Gasteiger partial charge in [0, 0.05) is 17.3 Å². The summed E-state index contributed by atoms with van der Waals surface area (Å²) < 4.78 is 6.33. The van der Waals surface area contributed by atoms with Gasteiger partial charge in [-0.3, -0.25) is 9.20 Å². The van der Waals surface area contributed by atoms with Crippen LogP contribution in [0.2, 0.25) is 0 Å². The number of rotatable bonds is 5. The van der Waals surface area contributed by atoms with Gasteiger partial charge in [0.05, 0.1) is 25.8 Å². The number of hydrogen-bond acceptors (Lipinski definition) is 6. The summed E-state index contributed by atoms with van der Waals surface area (Å²) in [6.45, 7) is 1.38. The zero-order valence-corrected chi connectivity index (χ0v) is 11.9.